The maximum atomic E-state index is 12.0. The number of aromatic carboxylic acids is 1. The molecule has 0 aliphatic rings. The molecule has 4 N–H and O–H groups in total. The Morgan fingerprint density at radius 2 is 2.11 bits per heavy atom. The lowest BCUT2D eigenvalue weighted by Gasteiger charge is -2.17. The number of hydrogen-bond donors (Lipinski definition) is 4. The summed E-state index contributed by atoms with van der Waals surface area (Å²) in [5, 5.41) is 17.9. The number of carboxylic acids is 1. The number of aliphatic hydroxyl groups excluding tert-OH is 1. The smallest absolute Gasteiger partial charge is 0.352 e. The van der Waals surface area contributed by atoms with Gasteiger partial charge in [-0.3, -0.25) is 0 Å². The molecule has 0 radical (unpaired) electrons. The van der Waals surface area contributed by atoms with Gasteiger partial charge in [0.2, 0.25) is 10.0 Å². The Hall–Kier alpha value is -1.38. The molecular formula is C11H18N2O5S. The van der Waals surface area contributed by atoms with Gasteiger partial charge >= 0.3 is 5.97 Å². The second kappa shape index (κ2) is 6.18. The van der Waals surface area contributed by atoms with Crippen LogP contribution in [0.2, 0.25) is 0 Å². The highest BCUT2D eigenvalue weighted by molar-refractivity contribution is 7.89. The lowest BCUT2D eigenvalue weighted by Crippen LogP contribution is -2.38. The number of aliphatic hydroxyl groups is 1. The Morgan fingerprint density at radius 3 is 2.53 bits per heavy atom. The molecule has 7 nitrogen and oxygen atoms in total. The molecule has 1 atom stereocenters. The van der Waals surface area contributed by atoms with Gasteiger partial charge < -0.3 is 15.2 Å². The molecule has 1 unspecified atom stereocenters. The third-order valence-electron chi connectivity index (χ3n) is 2.50. The van der Waals surface area contributed by atoms with E-state index in [9.17, 15) is 13.2 Å². The Kier molecular flexibility index (Phi) is 5.10. The average molecular weight is 290 g/mol. The van der Waals surface area contributed by atoms with E-state index in [1.165, 1.54) is 0 Å². The van der Waals surface area contributed by atoms with E-state index in [2.05, 4.69) is 9.71 Å². The van der Waals surface area contributed by atoms with Gasteiger partial charge in [0.15, 0.2) is 0 Å². The third-order valence-corrected chi connectivity index (χ3v) is 4.00. The highest BCUT2D eigenvalue weighted by Crippen LogP contribution is 2.13. The van der Waals surface area contributed by atoms with E-state index in [1.807, 2.05) is 13.8 Å². The Morgan fingerprint density at radius 1 is 1.47 bits per heavy atom. The molecule has 8 heteroatoms. The molecule has 0 bridgehead atoms. The van der Waals surface area contributed by atoms with Crippen molar-refractivity contribution >= 4 is 16.0 Å². The SMILES string of the molecule is CC(C)CC(CO)NS(=O)(=O)c1c[nH]c(C(=O)O)c1. The van der Waals surface area contributed by atoms with E-state index >= 15 is 0 Å². The monoisotopic (exact) mass is 290 g/mol. The second-order valence-corrected chi connectivity index (χ2v) is 6.40. The van der Waals surface area contributed by atoms with Crippen molar-refractivity contribution < 1.29 is 23.4 Å². The fourth-order valence-corrected chi connectivity index (χ4v) is 2.90. The van der Waals surface area contributed by atoms with Gasteiger partial charge in [-0.15, -0.1) is 0 Å². The number of hydrogen-bond acceptors (Lipinski definition) is 4. The molecule has 0 aromatic carbocycles. The summed E-state index contributed by atoms with van der Waals surface area (Å²) in [7, 11) is -3.83. The van der Waals surface area contributed by atoms with Gasteiger partial charge in [0.25, 0.3) is 0 Å². The molecule has 0 aliphatic carbocycles. The molecule has 1 aromatic heterocycles. The summed E-state index contributed by atoms with van der Waals surface area (Å²) < 4.78 is 26.3. The lowest BCUT2D eigenvalue weighted by atomic mass is 10.1. The molecule has 1 heterocycles. The first-order valence-corrected chi connectivity index (χ1v) is 7.29. The van der Waals surface area contributed by atoms with Crippen molar-refractivity contribution in [2.75, 3.05) is 6.61 Å². The minimum absolute atomic E-state index is 0.160. The van der Waals surface area contributed by atoms with E-state index in [0.29, 0.717) is 6.42 Å². The Bertz CT molecular complexity index is 535. The Balaban J connectivity index is 2.87. The molecular weight excluding hydrogens is 272 g/mol. The number of carboxylic acid groups (broad SMARTS) is 1. The molecule has 0 fully saturated rings. The number of carbonyl (C=O) groups is 1. The highest BCUT2D eigenvalue weighted by Gasteiger charge is 2.22. The first kappa shape index (κ1) is 15.7. The molecule has 0 spiro atoms. The molecule has 1 aromatic rings. The number of H-pyrrole nitrogens is 1. The number of aromatic amines is 1. The number of nitrogens with one attached hydrogen (secondary N) is 2. The summed E-state index contributed by atoms with van der Waals surface area (Å²) in [4.78, 5) is 12.9. The van der Waals surface area contributed by atoms with Crippen LogP contribution in [-0.2, 0) is 10.0 Å². The maximum absolute atomic E-state index is 12.0. The highest BCUT2D eigenvalue weighted by atomic mass is 32.2. The molecule has 108 valence electrons. The molecule has 19 heavy (non-hydrogen) atoms. The standard InChI is InChI=1S/C11H18N2O5S/c1-7(2)3-8(6-14)13-19(17,18)9-4-10(11(15)16)12-5-9/h4-5,7-8,12-14H,3,6H2,1-2H3,(H,15,16). The number of sulfonamides is 1. The summed E-state index contributed by atoms with van der Waals surface area (Å²) in [5.41, 5.74) is -0.204. The van der Waals surface area contributed by atoms with E-state index in [0.717, 1.165) is 12.3 Å². The van der Waals surface area contributed by atoms with Crippen LogP contribution in [0.3, 0.4) is 0 Å². The van der Waals surface area contributed by atoms with Crippen LogP contribution < -0.4 is 4.72 Å². The fourth-order valence-electron chi connectivity index (χ4n) is 1.67. The van der Waals surface area contributed by atoms with Crippen molar-refractivity contribution in [3.05, 3.63) is 18.0 Å². The van der Waals surface area contributed by atoms with Crippen LogP contribution in [0.5, 0.6) is 0 Å². The van der Waals surface area contributed by atoms with Crippen LogP contribution in [0.4, 0.5) is 0 Å². The van der Waals surface area contributed by atoms with Gasteiger partial charge in [0, 0.05) is 12.2 Å². The molecule has 0 saturated heterocycles. The fraction of sp³-hybridized carbons (Fsp3) is 0.545. The zero-order chi connectivity index (χ0) is 14.6. The zero-order valence-corrected chi connectivity index (χ0v) is 11.6. The van der Waals surface area contributed by atoms with Crippen molar-refractivity contribution in [1.29, 1.82) is 0 Å². The van der Waals surface area contributed by atoms with Crippen LogP contribution in [0.15, 0.2) is 17.2 Å². The molecule has 1 rings (SSSR count). The molecule has 0 aliphatic heterocycles. The van der Waals surface area contributed by atoms with Crippen molar-refractivity contribution in [3.8, 4) is 0 Å². The topological polar surface area (TPSA) is 119 Å². The summed E-state index contributed by atoms with van der Waals surface area (Å²) in [6.07, 6.45) is 1.60. The van der Waals surface area contributed by atoms with Crippen molar-refractivity contribution in [2.45, 2.75) is 31.2 Å². The van der Waals surface area contributed by atoms with Gasteiger partial charge in [-0.05, 0) is 18.4 Å². The van der Waals surface area contributed by atoms with Gasteiger partial charge in [0.1, 0.15) is 10.6 Å². The quantitative estimate of drug-likeness (QED) is 0.579. The Labute approximate surface area is 111 Å². The lowest BCUT2D eigenvalue weighted by molar-refractivity contribution is 0.0691. The molecule has 0 amide bonds. The van der Waals surface area contributed by atoms with E-state index in [4.69, 9.17) is 10.2 Å². The number of aromatic nitrogens is 1. The van der Waals surface area contributed by atoms with E-state index in [1.54, 1.807) is 0 Å². The second-order valence-electron chi connectivity index (χ2n) is 4.68. The van der Waals surface area contributed by atoms with Crippen LogP contribution in [0.1, 0.15) is 30.8 Å². The normalized spacial score (nSPS) is 13.7. The first-order chi connectivity index (χ1) is 8.76. The van der Waals surface area contributed by atoms with Crippen molar-refractivity contribution in [2.24, 2.45) is 5.92 Å². The summed E-state index contributed by atoms with van der Waals surface area (Å²) >= 11 is 0. The average Bonchev–Trinajstić information content (AvgIpc) is 2.77. The van der Waals surface area contributed by atoms with Gasteiger partial charge in [0.05, 0.1) is 6.61 Å². The number of rotatable bonds is 7. The summed E-state index contributed by atoms with van der Waals surface area (Å²) in [5.74, 6) is -1.01. The third kappa shape index (κ3) is 4.34. The van der Waals surface area contributed by atoms with Gasteiger partial charge in [-0.25, -0.2) is 17.9 Å². The largest absolute Gasteiger partial charge is 0.477 e. The van der Waals surface area contributed by atoms with Crippen LogP contribution >= 0.6 is 0 Å². The van der Waals surface area contributed by atoms with Crippen LogP contribution in [-0.4, -0.2) is 42.2 Å². The summed E-state index contributed by atoms with van der Waals surface area (Å²) in [6.45, 7) is 3.51. The van der Waals surface area contributed by atoms with Crippen molar-refractivity contribution in [3.63, 3.8) is 0 Å². The first-order valence-electron chi connectivity index (χ1n) is 5.81. The van der Waals surface area contributed by atoms with Crippen LogP contribution in [0.25, 0.3) is 0 Å². The predicted molar refractivity (Wildman–Crippen MR) is 68.4 cm³/mol. The maximum Gasteiger partial charge on any atom is 0.352 e. The minimum Gasteiger partial charge on any atom is -0.477 e. The molecule has 0 saturated carbocycles. The van der Waals surface area contributed by atoms with Crippen LogP contribution in [0, 0.1) is 5.92 Å². The van der Waals surface area contributed by atoms with Gasteiger partial charge in [-0.2, -0.15) is 0 Å². The minimum atomic E-state index is -3.83. The van der Waals surface area contributed by atoms with E-state index < -0.39 is 22.0 Å². The zero-order valence-electron chi connectivity index (χ0n) is 10.8. The van der Waals surface area contributed by atoms with Crippen molar-refractivity contribution in [1.82, 2.24) is 9.71 Å². The van der Waals surface area contributed by atoms with E-state index in [-0.39, 0.29) is 23.1 Å². The van der Waals surface area contributed by atoms with Gasteiger partial charge in [-0.1, -0.05) is 13.8 Å². The predicted octanol–water partition coefficient (Wildman–Crippen LogP) is 0.398. The summed E-state index contributed by atoms with van der Waals surface area (Å²) in [6, 6.07) is 0.447.